The third-order valence-electron chi connectivity index (χ3n) is 2.50. The van der Waals surface area contributed by atoms with Gasteiger partial charge >= 0.3 is 0 Å². The molecule has 1 heterocycles. The fourth-order valence-electron chi connectivity index (χ4n) is 1.32. The van der Waals surface area contributed by atoms with E-state index in [1.807, 2.05) is 26.2 Å². The molecule has 0 radical (unpaired) electrons. The third-order valence-corrected chi connectivity index (χ3v) is 3.38. The van der Waals surface area contributed by atoms with E-state index in [9.17, 15) is 4.79 Å². The molecule has 4 nitrogen and oxygen atoms in total. The van der Waals surface area contributed by atoms with Crippen molar-refractivity contribution in [1.82, 2.24) is 10.3 Å². The Kier molecular flexibility index (Phi) is 4.89. The molecule has 1 aromatic rings. The van der Waals surface area contributed by atoms with Crippen LogP contribution in [0.5, 0.6) is 0 Å². The van der Waals surface area contributed by atoms with E-state index in [1.165, 1.54) is 0 Å². The molecule has 1 rings (SSSR count). The van der Waals surface area contributed by atoms with E-state index in [-0.39, 0.29) is 17.9 Å². The van der Waals surface area contributed by atoms with Crippen molar-refractivity contribution in [3.8, 4) is 0 Å². The molecule has 0 fully saturated rings. The number of aromatic nitrogens is 1. The van der Waals surface area contributed by atoms with Crippen LogP contribution in [-0.4, -0.2) is 16.9 Å². The van der Waals surface area contributed by atoms with Gasteiger partial charge in [-0.05, 0) is 12.3 Å². The quantitative estimate of drug-likeness (QED) is 0.824. The molecular formula is C11H19N3OS. The summed E-state index contributed by atoms with van der Waals surface area (Å²) in [6.07, 6.45) is 2.57. The van der Waals surface area contributed by atoms with Gasteiger partial charge in [-0.25, -0.2) is 4.98 Å². The fourth-order valence-corrected chi connectivity index (χ4v) is 2.09. The Hall–Kier alpha value is -0.940. The van der Waals surface area contributed by atoms with E-state index < -0.39 is 6.04 Å². The number of thiazole rings is 1. The summed E-state index contributed by atoms with van der Waals surface area (Å²) >= 11 is 1.55. The zero-order valence-electron chi connectivity index (χ0n) is 9.93. The van der Waals surface area contributed by atoms with Crippen molar-refractivity contribution in [2.45, 2.75) is 39.3 Å². The third kappa shape index (κ3) is 3.28. The average Bonchev–Trinajstić information content (AvgIpc) is 2.77. The van der Waals surface area contributed by atoms with Gasteiger partial charge in [-0.3, -0.25) is 4.79 Å². The van der Waals surface area contributed by atoms with Crippen LogP contribution in [0.4, 0.5) is 0 Å². The predicted molar refractivity (Wildman–Crippen MR) is 66.1 cm³/mol. The van der Waals surface area contributed by atoms with Crippen LogP contribution in [0.15, 0.2) is 11.6 Å². The Balaban J connectivity index is 2.61. The number of nitrogens with two attached hydrogens (primary N) is 1. The number of nitrogens with one attached hydrogen (secondary N) is 1. The Labute approximate surface area is 100 Å². The number of rotatable bonds is 5. The monoisotopic (exact) mass is 241 g/mol. The van der Waals surface area contributed by atoms with E-state index >= 15 is 0 Å². The molecule has 1 aromatic heterocycles. The minimum absolute atomic E-state index is 0.0164. The zero-order chi connectivity index (χ0) is 12.1. The number of amides is 1. The second kappa shape index (κ2) is 5.96. The molecule has 0 aliphatic carbocycles. The summed E-state index contributed by atoms with van der Waals surface area (Å²) in [5.41, 5.74) is 5.79. The van der Waals surface area contributed by atoms with Crippen molar-refractivity contribution in [2.24, 2.45) is 11.7 Å². The lowest BCUT2D eigenvalue weighted by Crippen LogP contribution is -2.45. The lowest BCUT2D eigenvalue weighted by Gasteiger charge is -2.20. The molecule has 2 atom stereocenters. The standard InChI is InChI=1S/C11H19N3OS/c1-4-8(11-13-5-6-16-11)14-10(15)9(12)7(2)3/h5-9H,4,12H2,1-3H3,(H,14,15)/t8?,9-/m0/s1. The van der Waals surface area contributed by atoms with Crippen LogP contribution in [0.25, 0.3) is 0 Å². The van der Waals surface area contributed by atoms with Crippen LogP contribution in [0, 0.1) is 5.92 Å². The Morgan fingerprint density at radius 1 is 1.62 bits per heavy atom. The maximum atomic E-state index is 11.8. The van der Waals surface area contributed by atoms with Crippen molar-refractivity contribution in [3.05, 3.63) is 16.6 Å². The van der Waals surface area contributed by atoms with Crippen LogP contribution >= 0.6 is 11.3 Å². The van der Waals surface area contributed by atoms with E-state index in [2.05, 4.69) is 10.3 Å². The summed E-state index contributed by atoms with van der Waals surface area (Å²) in [6.45, 7) is 5.90. The predicted octanol–water partition coefficient (Wildman–Crippen LogP) is 1.69. The zero-order valence-corrected chi connectivity index (χ0v) is 10.8. The molecule has 16 heavy (non-hydrogen) atoms. The lowest BCUT2D eigenvalue weighted by molar-refractivity contribution is -0.124. The highest BCUT2D eigenvalue weighted by atomic mass is 32.1. The van der Waals surface area contributed by atoms with Crippen molar-refractivity contribution in [2.75, 3.05) is 0 Å². The van der Waals surface area contributed by atoms with Gasteiger partial charge in [0.2, 0.25) is 5.91 Å². The van der Waals surface area contributed by atoms with Gasteiger partial charge in [0.25, 0.3) is 0 Å². The van der Waals surface area contributed by atoms with E-state index in [1.54, 1.807) is 17.5 Å². The molecule has 0 aromatic carbocycles. The van der Waals surface area contributed by atoms with Crippen LogP contribution in [-0.2, 0) is 4.79 Å². The molecular weight excluding hydrogens is 222 g/mol. The highest BCUT2D eigenvalue weighted by molar-refractivity contribution is 7.09. The first kappa shape index (κ1) is 13.1. The van der Waals surface area contributed by atoms with Crippen molar-refractivity contribution in [1.29, 1.82) is 0 Å². The number of hydrogen-bond acceptors (Lipinski definition) is 4. The first-order valence-corrected chi connectivity index (χ1v) is 6.39. The Bertz CT molecular complexity index is 324. The first-order chi connectivity index (χ1) is 7.56. The average molecular weight is 241 g/mol. The van der Waals surface area contributed by atoms with Gasteiger partial charge in [0, 0.05) is 11.6 Å². The summed E-state index contributed by atoms with van der Waals surface area (Å²) in [5.74, 6) is 0.0471. The first-order valence-electron chi connectivity index (χ1n) is 5.51. The molecule has 0 aliphatic heterocycles. The summed E-state index contributed by atoms with van der Waals surface area (Å²) in [4.78, 5) is 16.0. The van der Waals surface area contributed by atoms with Crippen molar-refractivity contribution < 1.29 is 4.79 Å². The van der Waals surface area contributed by atoms with Crippen LogP contribution < -0.4 is 11.1 Å². The number of hydrogen-bond donors (Lipinski definition) is 2. The van der Waals surface area contributed by atoms with E-state index in [0.29, 0.717) is 0 Å². The smallest absolute Gasteiger partial charge is 0.237 e. The van der Waals surface area contributed by atoms with Gasteiger partial charge in [0.05, 0.1) is 12.1 Å². The van der Waals surface area contributed by atoms with Crippen LogP contribution in [0.2, 0.25) is 0 Å². The van der Waals surface area contributed by atoms with Gasteiger partial charge in [-0.1, -0.05) is 20.8 Å². The number of carbonyl (C=O) groups excluding carboxylic acids is 1. The second-order valence-corrected chi connectivity index (χ2v) is 5.04. The van der Waals surface area contributed by atoms with Gasteiger partial charge in [-0.15, -0.1) is 11.3 Å². The molecule has 1 amide bonds. The van der Waals surface area contributed by atoms with Gasteiger partial charge in [-0.2, -0.15) is 0 Å². The minimum Gasteiger partial charge on any atom is -0.346 e. The molecule has 0 saturated carbocycles. The van der Waals surface area contributed by atoms with E-state index in [4.69, 9.17) is 5.73 Å². The molecule has 5 heteroatoms. The number of nitrogens with zero attached hydrogens (tertiary/aromatic N) is 1. The van der Waals surface area contributed by atoms with Gasteiger partial charge in [0.15, 0.2) is 0 Å². The van der Waals surface area contributed by atoms with Crippen molar-refractivity contribution >= 4 is 17.2 Å². The van der Waals surface area contributed by atoms with Crippen LogP contribution in [0.3, 0.4) is 0 Å². The Morgan fingerprint density at radius 2 is 2.31 bits per heavy atom. The molecule has 0 aliphatic rings. The highest BCUT2D eigenvalue weighted by Crippen LogP contribution is 2.18. The fraction of sp³-hybridized carbons (Fsp3) is 0.636. The largest absolute Gasteiger partial charge is 0.346 e. The van der Waals surface area contributed by atoms with Gasteiger partial charge < -0.3 is 11.1 Å². The molecule has 0 bridgehead atoms. The number of carbonyl (C=O) groups is 1. The van der Waals surface area contributed by atoms with Gasteiger partial charge in [0.1, 0.15) is 5.01 Å². The summed E-state index contributed by atoms with van der Waals surface area (Å²) < 4.78 is 0. The Morgan fingerprint density at radius 3 is 2.75 bits per heavy atom. The molecule has 1 unspecified atom stereocenters. The second-order valence-electron chi connectivity index (χ2n) is 4.11. The molecule has 0 saturated heterocycles. The maximum absolute atomic E-state index is 11.8. The summed E-state index contributed by atoms with van der Waals surface area (Å²) in [7, 11) is 0. The SMILES string of the molecule is CCC(NC(=O)[C@@H](N)C(C)C)c1nccs1. The lowest BCUT2D eigenvalue weighted by atomic mass is 10.0. The molecule has 3 N–H and O–H groups in total. The summed E-state index contributed by atoms with van der Waals surface area (Å²) in [6, 6.07) is -0.466. The van der Waals surface area contributed by atoms with E-state index in [0.717, 1.165) is 11.4 Å². The molecule has 90 valence electrons. The summed E-state index contributed by atoms with van der Waals surface area (Å²) in [5, 5.41) is 5.78. The normalized spacial score (nSPS) is 14.8. The molecule has 0 spiro atoms. The van der Waals surface area contributed by atoms with Crippen molar-refractivity contribution in [3.63, 3.8) is 0 Å². The van der Waals surface area contributed by atoms with Crippen LogP contribution in [0.1, 0.15) is 38.2 Å². The minimum atomic E-state index is -0.450. The maximum Gasteiger partial charge on any atom is 0.237 e. The topological polar surface area (TPSA) is 68.0 Å². The highest BCUT2D eigenvalue weighted by Gasteiger charge is 2.21.